The quantitative estimate of drug-likeness (QED) is 0.0717. The molecule has 0 bridgehead atoms. The number of aliphatic hydroxyl groups excluding tert-OH is 1. The van der Waals surface area contributed by atoms with E-state index in [-0.39, 0.29) is 37.2 Å². The van der Waals surface area contributed by atoms with Crippen molar-refractivity contribution in [2.24, 2.45) is 34.0 Å². The standard InChI is InChI=1S/C20H39N7O6/c1-10(2)8-14(26-16(29)12(21)9-28)17(30)27-15(11(3)4)18(31)25-13(19(32)33)6-5-7-24-20(22)23/h10-15,28H,5-9,21H2,1-4H3,(H,25,31)(H,26,29)(H,27,30)(H,32,33)(H4,22,23,24). The number of aliphatic imine (C=N–C) groups is 1. The topological polar surface area (TPSA) is 235 Å². The van der Waals surface area contributed by atoms with Gasteiger partial charge in [-0.3, -0.25) is 19.4 Å². The van der Waals surface area contributed by atoms with Crippen molar-refractivity contribution in [3.63, 3.8) is 0 Å². The first-order valence-electron chi connectivity index (χ1n) is 10.9. The number of carboxylic acids is 1. The number of nitrogens with zero attached hydrogens (tertiary/aromatic N) is 1. The molecule has 0 aliphatic rings. The summed E-state index contributed by atoms with van der Waals surface area (Å²) >= 11 is 0. The summed E-state index contributed by atoms with van der Waals surface area (Å²) in [6.07, 6.45) is 0.674. The highest BCUT2D eigenvalue weighted by Crippen LogP contribution is 2.09. The Labute approximate surface area is 193 Å². The van der Waals surface area contributed by atoms with Crippen molar-refractivity contribution >= 4 is 29.7 Å². The summed E-state index contributed by atoms with van der Waals surface area (Å²) in [7, 11) is 0. The van der Waals surface area contributed by atoms with Crippen LogP contribution >= 0.6 is 0 Å². The number of carboxylic acid groups (broad SMARTS) is 1. The highest BCUT2D eigenvalue weighted by atomic mass is 16.4. The van der Waals surface area contributed by atoms with Crippen molar-refractivity contribution < 1.29 is 29.4 Å². The highest BCUT2D eigenvalue weighted by Gasteiger charge is 2.32. The second-order valence-electron chi connectivity index (χ2n) is 8.56. The number of rotatable bonds is 15. The van der Waals surface area contributed by atoms with Gasteiger partial charge in [0, 0.05) is 6.54 Å². The fourth-order valence-electron chi connectivity index (χ4n) is 2.88. The predicted molar refractivity (Wildman–Crippen MR) is 123 cm³/mol. The van der Waals surface area contributed by atoms with Gasteiger partial charge < -0.3 is 43.4 Å². The minimum atomic E-state index is -1.23. The average Bonchev–Trinajstić information content (AvgIpc) is 2.71. The first-order valence-corrected chi connectivity index (χ1v) is 10.9. The molecule has 0 aromatic heterocycles. The van der Waals surface area contributed by atoms with Crippen molar-refractivity contribution in [3.8, 4) is 0 Å². The molecule has 0 radical (unpaired) electrons. The highest BCUT2D eigenvalue weighted by molar-refractivity contribution is 5.94. The molecular weight excluding hydrogens is 434 g/mol. The number of aliphatic hydroxyl groups is 1. The molecular formula is C20H39N7O6. The first kappa shape index (κ1) is 30.1. The maximum Gasteiger partial charge on any atom is 0.326 e. The lowest BCUT2D eigenvalue weighted by atomic mass is 9.99. The molecule has 0 aromatic rings. The Balaban J connectivity index is 5.32. The van der Waals surface area contributed by atoms with Gasteiger partial charge in [0.25, 0.3) is 0 Å². The van der Waals surface area contributed by atoms with Gasteiger partial charge >= 0.3 is 5.97 Å². The molecule has 0 fully saturated rings. The Morgan fingerprint density at radius 1 is 0.909 bits per heavy atom. The van der Waals surface area contributed by atoms with Gasteiger partial charge in [-0.2, -0.15) is 0 Å². The third-order valence-corrected chi connectivity index (χ3v) is 4.68. The zero-order valence-electron chi connectivity index (χ0n) is 19.7. The SMILES string of the molecule is CC(C)CC(NC(=O)C(N)CO)C(=O)NC(C(=O)NC(CCCN=C(N)N)C(=O)O)C(C)C. The van der Waals surface area contributed by atoms with Gasteiger partial charge in [-0.1, -0.05) is 27.7 Å². The van der Waals surface area contributed by atoms with Crippen molar-refractivity contribution in [1.29, 1.82) is 0 Å². The molecule has 13 heteroatoms. The molecule has 33 heavy (non-hydrogen) atoms. The van der Waals surface area contributed by atoms with E-state index in [4.69, 9.17) is 22.3 Å². The van der Waals surface area contributed by atoms with Gasteiger partial charge in [0.2, 0.25) is 17.7 Å². The summed E-state index contributed by atoms with van der Waals surface area (Å²) in [5.41, 5.74) is 16.0. The molecule has 190 valence electrons. The molecule has 13 nitrogen and oxygen atoms in total. The van der Waals surface area contributed by atoms with Crippen LogP contribution in [0.4, 0.5) is 0 Å². The first-order chi connectivity index (χ1) is 15.3. The Kier molecular flexibility index (Phi) is 13.7. The third-order valence-electron chi connectivity index (χ3n) is 4.68. The van der Waals surface area contributed by atoms with E-state index >= 15 is 0 Å². The van der Waals surface area contributed by atoms with Crippen molar-refractivity contribution in [2.45, 2.75) is 71.1 Å². The van der Waals surface area contributed by atoms with Crippen LogP contribution in [0, 0.1) is 11.8 Å². The van der Waals surface area contributed by atoms with Gasteiger partial charge in [-0.25, -0.2) is 4.79 Å². The molecule has 0 aromatic carbocycles. The average molecular weight is 474 g/mol. The lowest BCUT2D eigenvalue weighted by Crippen LogP contribution is -2.58. The van der Waals surface area contributed by atoms with E-state index < -0.39 is 54.5 Å². The minimum Gasteiger partial charge on any atom is -0.480 e. The third kappa shape index (κ3) is 12.0. The number of nitrogens with one attached hydrogen (secondary N) is 3. The predicted octanol–water partition coefficient (Wildman–Crippen LogP) is -2.40. The molecule has 3 amide bonds. The lowest BCUT2D eigenvalue weighted by molar-refractivity contribution is -0.142. The summed E-state index contributed by atoms with van der Waals surface area (Å²) in [5.74, 6) is -3.68. The van der Waals surface area contributed by atoms with Crippen LogP contribution in [0.5, 0.6) is 0 Å². The van der Waals surface area contributed by atoms with Crippen LogP contribution < -0.4 is 33.2 Å². The summed E-state index contributed by atoms with van der Waals surface area (Å²) in [6.45, 7) is 6.71. The summed E-state index contributed by atoms with van der Waals surface area (Å²) < 4.78 is 0. The maximum atomic E-state index is 12.9. The normalized spacial score (nSPS) is 14.7. The summed E-state index contributed by atoms with van der Waals surface area (Å²) in [5, 5.41) is 26.0. The second-order valence-corrected chi connectivity index (χ2v) is 8.56. The van der Waals surface area contributed by atoms with Gasteiger partial charge in [-0.15, -0.1) is 0 Å². The summed E-state index contributed by atoms with van der Waals surface area (Å²) in [4.78, 5) is 53.1. The number of hydrogen-bond acceptors (Lipinski definition) is 7. The van der Waals surface area contributed by atoms with Crippen LogP contribution in [0.1, 0.15) is 47.0 Å². The van der Waals surface area contributed by atoms with E-state index in [1.165, 1.54) is 0 Å². The van der Waals surface area contributed by atoms with Gasteiger partial charge in [0.05, 0.1) is 6.61 Å². The molecule has 4 unspecified atom stereocenters. The number of hydrogen-bond donors (Lipinski definition) is 8. The molecule has 0 saturated heterocycles. The number of nitrogens with two attached hydrogens (primary N) is 3. The number of amides is 3. The molecule has 0 aliphatic carbocycles. The van der Waals surface area contributed by atoms with Crippen molar-refractivity contribution in [1.82, 2.24) is 16.0 Å². The Morgan fingerprint density at radius 3 is 1.94 bits per heavy atom. The van der Waals surface area contributed by atoms with Crippen molar-refractivity contribution in [2.75, 3.05) is 13.2 Å². The molecule has 0 aliphatic heterocycles. The minimum absolute atomic E-state index is 0.0272. The molecule has 4 atom stereocenters. The van der Waals surface area contributed by atoms with Crippen LogP contribution in [-0.4, -0.2) is 77.2 Å². The molecule has 0 spiro atoms. The molecule has 11 N–H and O–H groups in total. The van der Waals surface area contributed by atoms with Crippen LogP contribution in [0.2, 0.25) is 0 Å². The van der Waals surface area contributed by atoms with Gasteiger partial charge in [0.1, 0.15) is 24.2 Å². The maximum absolute atomic E-state index is 12.9. The van der Waals surface area contributed by atoms with Crippen LogP contribution in [0.25, 0.3) is 0 Å². The Morgan fingerprint density at radius 2 is 1.48 bits per heavy atom. The van der Waals surface area contributed by atoms with E-state index in [2.05, 4.69) is 20.9 Å². The molecule has 0 saturated carbocycles. The number of carbonyl (C=O) groups excluding carboxylic acids is 3. The summed E-state index contributed by atoms with van der Waals surface area (Å²) in [6, 6.07) is -4.42. The number of aliphatic carboxylic acids is 1. The second kappa shape index (κ2) is 15.0. The monoisotopic (exact) mass is 473 g/mol. The van der Waals surface area contributed by atoms with E-state index in [9.17, 15) is 24.3 Å². The van der Waals surface area contributed by atoms with Crippen LogP contribution in [-0.2, 0) is 19.2 Å². The fourth-order valence-corrected chi connectivity index (χ4v) is 2.88. The number of carbonyl (C=O) groups is 4. The fraction of sp³-hybridized carbons (Fsp3) is 0.750. The zero-order valence-corrected chi connectivity index (χ0v) is 19.7. The van der Waals surface area contributed by atoms with Gasteiger partial charge in [0.15, 0.2) is 5.96 Å². The van der Waals surface area contributed by atoms with Crippen LogP contribution in [0.15, 0.2) is 4.99 Å². The molecule has 0 heterocycles. The lowest BCUT2D eigenvalue weighted by Gasteiger charge is -2.27. The van der Waals surface area contributed by atoms with E-state index in [1.54, 1.807) is 13.8 Å². The number of guanidine groups is 1. The van der Waals surface area contributed by atoms with E-state index in [1.807, 2.05) is 13.8 Å². The van der Waals surface area contributed by atoms with Crippen LogP contribution in [0.3, 0.4) is 0 Å². The largest absolute Gasteiger partial charge is 0.480 e. The zero-order chi connectivity index (χ0) is 25.7. The van der Waals surface area contributed by atoms with Crippen molar-refractivity contribution in [3.05, 3.63) is 0 Å². The van der Waals surface area contributed by atoms with E-state index in [0.717, 1.165) is 0 Å². The molecule has 0 rings (SSSR count). The Bertz CT molecular complexity index is 694. The van der Waals surface area contributed by atoms with E-state index in [0.29, 0.717) is 6.42 Å². The smallest absolute Gasteiger partial charge is 0.326 e. The Hall–Kier alpha value is -2.93. The van der Waals surface area contributed by atoms with Gasteiger partial charge in [-0.05, 0) is 31.1 Å².